The highest BCUT2D eigenvalue weighted by atomic mass is 32.1. The van der Waals surface area contributed by atoms with Crippen LogP contribution in [-0.2, 0) is 6.54 Å². The van der Waals surface area contributed by atoms with Gasteiger partial charge in [0, 0.05) is 30.4 Å². The summed E-state index contributed by atoms with van der Waals surface area (Å²) < 4.78 is 0. The monoisotopic (exact) mass is 295 g/mol. The van der Waals surface area contributed by atoms with Crippen molar-refractivity contribution in [1.82, 2.24) is 15.2 Å². The molecule has 114 valence electrons. The number of hydrogen-bond acceptors (Lipinski definition) is 4. The van der Waals surface area contributed by atoms with Crippen molar-refractivity contribution in [3.05, 3.63) is 16.1 Å². The van der Waals surface area contributed by atoms with Crippen LogP contribution >= 0.6 is 11.3 Å². The third-order valence-corrected chi connectivity index (χ3v) is 5.04. The van der Waals surface area contributed by atoms with Crippen LogP contribution in [0.25, 0.3) is 0 Å². The second kappa shape index (κ2) is 7.53. The van der Waals surface area contributed by atoms with E-state index >= 15 is 0 Å². The number of aromatic nitrogens is 1. The smallest absolute Gasteiger partial charge is 0.0954 e. The van der Waals surface area contributed by atoms with Crippen LogP contribution in [0.15, 0.2) is 5.38 Å². The van der Waals surface area contributed by atoms with Crippen molar-refractivity contribution in [2.45, 2.75) is 59.0 Å². The van der Waals surface area contributed by atoms with E-state index in [-0.39, 0.29) is 0 Å². The number of thiazole rings is 1. The molecule has 0 radical (unpaired) electrons. The van der Waals surface area contributed by atoms with Crippen LogP contribution in [0.1, 0.15) is 57.2 Å². The average molecular weight is 295 g/mol. The minimum absolute atomic E-state index is 0.549. The Balaban J connectivity index is 1.70. The van der Waals surface area contributed by atoms with E-state index < -0.39 is 0 Å². The SMILES string of the molecule is CC(C)CN1CCC(NCc2csc(C(C)C)n2)CC1. The second-order valence-electron chi connectivity index (χ2n) is 6.68. The molecule has 0 atom stereocenters. The quantitative estimate of drug-likeness (QED) is 0.871. The third-order valence-electron chi connectivity index (χ3n) is 3.85. The number of piperidine rings is 1. The molecule has 0 spiro atoms. The van der Waals surface area contributed by atoms with Crippen molar-refractivity contribution in [1.29, 1.82) is 0 Å². The number of likely N-dealkylation sites (tertiary alicyclic amines) is 1. The van der Waals surface area contributed by atoms with Gasteiger partial charge in [-0.3, -0.25) is 0 Å². The summed E-state index contributed by atoms with van der Waals surface area (Å²) in [5.74, 6) is 1.33. The molecule has 1 aromatic rings. The molecule has 2 rings (SSSR count). The normalized spacial score (nSPS) is 18.3. The van der Waals surface area contributed by atoms with Crippen molar-refractivity contribution in [2.24, 2.45) is 5.92 Å². The lowest BCUT2D eigenvalue weighted by Crippen LogP contribution is -2.43. The highest BCUT2D eigenvalue weighted by Gasteiger charge is 2.19. The summed E-state index contributed by atoms with van der Waals surface area (Å²) in [6.07, 6.45) is 2.54. The minimum atomic E-state index is 0.549. The highest BCUT2D eigenvalue weighted by Crippen LogP contribution is 2.19. The zero-order valence-corrected chi connectivity index (χ0v) is 14.2. The fourth-order valence-corrected chi connectivity index (χ4v) is 3.59. The van der Waals surface area contributed by atoms with E-state index in [1.807, 2.05) is 0 Å². The molecule has 0 amide bonds. The molecule has 1 fully saturated rings. The maximum Gasteiger partial charge on any atom is 0.0954 e. The van der Waals surface area contributed by atoms with Crippen LogP contribution in [0.2, 0.25) is 0 Å². The molecule has 0 aromatic carbocycles. The molecule has 20 heavy (non-hydrogen) atoms. The summed E-state index contributed by atoms with van der Waals surface area (Å²) in [7, 11) is 0. The molecular weight excluding hydrogens is 266 g/mol. The first-order valence-electron chi connectivity index (χ1n) is 7.94. The lowest BCUT2D eigenvalue weighted by atomic mass is 10.0. The van der Waals surface area contributed by atoms with E-state index in [9.17, 15) is 0 Å². The van der Waals surface area contributed by atoms with Gasteiger partial charge >= 0.3 is 0 Å². The van der Waals surface area contributed by atoms with Gasteiger partial charge in [-0.2, -0.15) is 0 Å². The molecule has 1 N–H and O–H groups in total. The fourth-order valence-electron chi connectivity index (χ4n) is 2.75. The summed E-state index contributed by atoms with van der Waals surface area (Å²) in [6, 6.07) is 0.669. The first-order valence-corrected chi connectivity index (χ1v) is 8.82. The second-order valence-corrected chi connectivity index (χ2v) is 7.57. The van der Waals surface area contributed by atoms with Crippen LogP contribution in [0.5, 0.6) is 0 Å². The Kier molecular flexibility index (Phi) is 6.00. The lowest BCUT2D eigenvalue weighted by Gasteiger charge is -2.33. The van der Waals surface area contributed by atoms with Gasteiger partial charge in [-0.1, -0.05) is 27.7 Å². The molecule has 0 bridgehead atoms. The van der Waals surface area contributed by atoms with Crippen molar-refractivity contribution in [3.8, 4) is 0 Å². The van der Waals surface area contributed by atoms with Crippen molar-refractivity contribution in [2.75, 3.05) is 19.6 Å². The first-order chi connectivity index (χ1) is 9.54. The van der Waals surface area contributed by atoms with E-state index in [1.165, 1.54) is 43.2 Å². The standard InChI is InChI=1S/C16H29N3S/c1-12(2)10-19-7-5-14(6-8-19)17-9-15-11-20-16(18-15)13(3)4/h11-14,17H,5-10H2,1-4H3. The van der Waals surface area contributed by atoms with E-state index in [1.54, 1.807) is 11.3 Å². The van der Waals surface area contributed by atoms with E-state index in [0.717, 1.165) is 12.5 Å². The Hall–Kier alpha value is -0.450. The van der Waals surface area contributed by atoms with Gasteiger partial charge in [-0.05, 0) is 31.8 Å². The van der Waals surface area contributed by atoms with Crippen molar-refractivity contribution < 1.29 is 0 Å². The molecule has 0 unspecified atom stereocenters. The number of rotatable bonds is 6. The molecule has 2 heterocycles. The summed E-state index contributed by atoms with van der Waals surface area (Å²) >= 11 is 1.79. The molecule has 1 aromatic heterocycles. The maximum absolute atomic E-state index is 4.69. The van der Waals surface area contributed by atoms with Crippen LogP contribution in [0.3, 0.4) is 0 Å². The Bertz CT molecular complexity index is 392. The van der Waals surface area contributed by atoms with Gasteiger partial charge in [0.05, 0.1) is 10.7 Å². The summed E-state index contributed by atoms with van der Waals surface area (Å²) in [6.45, 7) is 13.7. The summed E-state index contributed by atoms with van der Waals surface area (Å²) in [4.78, 5) is 7.29. The molecule has 1 saturated heterocycles. The topological polar surface area (TPSA) is 28.2 Å². The van der Waals surface area contributed by atoms with Gasteiger partial charge in [0.15, 0.2) is 0 Å². The summed E-state index contributed by atoms with van der Waals surface area (Å²) in [5.41, 5.74) is 1.21. The zero-order chi connectivity index (χ0) is 14.5. The molecule has 0 saturated carbocycles. The molecule has 1 aliphatic heterocycles. The number of hydrogen-bond donors (Lipinski definition) is 1. The van der Waals surface area contributed by atoms with Crippen LogP contribution in [-0.4, -0.2) is 35.6 Å². The number of nitrogens with one attached hydrogen (secondary N) is 1. The Morgan fingerprint density at radius 1 is 1.30 bits per heavy atom. The Morgan fingerprint density at radius 3 is 2.55 bits per heavy atom. The Labute approximate surface area is 127 Å². The molecule has 1 aliphatic rings. The fraction of sp³-hybridized carbons (Fsp3) is 0.812. The average Bonchev–Trinajstić information content (AvgIpc) is 2.86. The molecule has 3 nitrogen and oxygen atoms in total. The van der Waals surface area contributed by atoms with E-state index in [4.69, 9.17) is 4.98 Å². The maximum atomic E-state index is 4.69. The van der Waals surface area contributed by atoms with Gasteiger partial charge in [-0.25, -0.2) is 4.98 Å². The van der Waals surface area contributed by atoms with Gasteiger partial charge in [-0.15, -0.1) is 11.3 Å². The van der Waals surface area contributed by atoms with E-state index in [0.29, 0.717) is 12.0 Å². The van der Waals surface area contributed by atoms with E-state index in [2.05, 4.69) is 43.3 Å². The molecular formula is C16H29N3S. The van der Waals surface area contributed by atoms with Crippen LogP contribution < -0.4 is 5.32 Å². The van der Waals surface area contributed by atoms with Crippen molar-refractivity contribution >= 4 is 11.3 Å². The van der Waals surface area contributed by atoms with Crippen LogP contribution in [0.4, 0.5) is 0 Å². The minimum Gasteiger partial charge on any atom is -0.308 e. The first kappa shape index (κ1) is 15.9. The predicted octanol–water partition coefficient (Wildman–Crippen LogP) is 3.48. The Morgan fingerprint density at radius 2 is 2.00 bits per heavy atom. The van der Waals surface area contributed by atoms with Gasteiger partial charge in [0.25, 0.3) is 0 Å². The predicted molar refractivity (Wildman–Crippen MR) is 87.3 cm³/mol. The third kappa shape index (κ3) is 4.83. The summed E-state index contributed by atoms with van der Waals surface area (Å²) in [5, 5.41) is 7.14. The van der Waals surface area contributed by atoms with Gasteiger partial charge in [0.1, 0.15) is 0 Å². The largest absolute Gasteiger partial charge is 0.308 e. The van der Waals surface area contributed by atoms with Crippen LogP contribution in [0, 0.1) is 5.92 Å². The van der Waals surface area contributed by atoms with Gasteiger partial charge in [0.2, 0.25) is 0 Å². The molecule has 4 heteroatoms. The number of nitrogens with zero attached hydrogens (tertiary/aromatic N) is 2. The highest BCUT2D eigenvalue weighted by molar-refractivity contribution is 7.09. The zero-order valence-electron chi connectivity index (χ0n) is 13.4. The molecule has 0 aliphatic carbocycles. The lowest BCUT2D eigenvalue weighted by molar-refractivity contribution is 0.179. The van der Waals surface area contributed by atoms with Gasteiger partial charge < -0.3 is 10.2 Å². The van der Waals surface area contributed by atoms with Crippen molar-refractivity contribution in [3.63, 3.8) is 0 Å².